The van der Waals surface area contributed by atoms with E-state index in [0.29, 0.717) is 51.6 Å². The molecule has 228 valence electrons. The number of ether oxygens (including phenoxy) is 1. The minimum Gasteiger partial charge on any atom is -0.508 e. The highest BCUT2D eigenvalue weighted by Gasteiger charge is 2.57. The summed E-state index contributed by atoms with van der Waals surface area (Å²) in [5, 5.41) is 10.2. The van der Waals surface area contributed by atoms with Crippen LogP contribution < -0.4 is 9.64 Å². The second-order valence-corrected chi connectivity index (χ2v) is 12.7. The van der Waals surface area contributed by atoms with Crippen molar-refractivity contribution in [2.75, 3.05) is 12.0 Å². The molecule has 1 aliphatic heterocycles. The van der Waals surface area contributed by atoms with Gasteiger partial charge in [0.15, 0.2) is 17.1 Å². The van der Waals surface area contributed by atoms with Crippen LogP contribution >= 0.6 is 15.9 Å². The zero-order chi connectivity index (χ0) is 31.9. The van der Waals surface area contributed by atoms with Gasteiger partial charge in [-0.05, 0) is 77.2 Å². The number of rotatable bonds is 4. The lowest BCUT2D eigenvalue weighted by Gasteiger charge is -2.42. The first-order valence-corrected chi connectivity index (χ1v) is 15.6. The number of phenols is 1. The summed E-state index contributed by atoms with van der Waals surface area (Å²) in [7, 11) is 1.47. The monoisotopic (exact) mass is 676 g/mol. The molecule has 3 aliphatic carbocycles. The van der Waals surface area contributed by atoms with E-state index < -0.39 is 23.7 Å². The molecule has 0 radical (unpaired) electrons. The molecule has 4 unspecified atom stereocenters. The van der Waals surface area contributed by atoms with E-state index >= 15 is 0 Å². The van der Waals surface area contributed by atoms with Crippen molar-refractivity contribution in [3.63, 3.8) is 0 Å². The van der Waals surface area contributed by atoms with Crippen molar-refractivity contribution in [1.82, 2.24) is 4.98 Å². The fraction of sp³-hybridized carbons (Fsp3) is 0.194. The molecule has 1 aromatic heterocycles. The highest BCUT2D eigenvalue weighted by atomic mass is 79.9. The lowest BCUT2D eigenvalue weighted by molar-refractivity contribution is -0.123. The average Bonchev–Trinajstić information content (AvgIpc) is 3.61. The van der Waals surface area contributed by atoms with Crippen LogP contribution in [0.4, 0.5) is 5.69 Å². The van der Waals surface area contributed by atoms with Gasteiger partial charge in [0.25, 0.3) is 0 Å². The van der Waals surface area contributed by atoms with Gasteiger partial charge in [0.2, 0.25) is 17.7 Å². The van der Waals surface area contributed by atoms with E-state index in [2.05, 4.69) is 20.9 Å². The Hall–Kier alpha value is -5.09. The van der Waals surface area contributed by atoms with Crippen molar-refractivity contribution in [2.24, 2.45) is 17.8 Å². The Kier molecular flexibility index (Phi) is 6.47. The van der Waals surface area contributed by atoms with Crippen LogP contribution in [0.5, 0.6) is 11.5 Å². The van der Waals surface area contributed by atoms with Gasteiger partial charge in [-0.3, -0.25) is 24.1 Å². The molecular weight excluding hydrogens is 652 g/mol. The van der Waals surface area contributed by atoms with E-state index in [1.165, 1.54) is 30.2 Å². The van der Waals surface area contributed by atoms with Gasteiger partial charge < -0.3 is 14.3 Å². The Balaban J connectivity index is 1.17. The number of benzene rings is 3. The Labute approximate surface area is 271 Å². The fourth-order valence-electron chi connectivity index (χ4n) is 7.50. The van der Waals surface area contributed by atoms with Gasteiger partial charge in [-0.1, -0.05) is 29.8 Å². The molecule has 10 heteroatoms. The van der Waals surface area contributed by atoms with Crippen molar-refractivity contribution in [3.05, 3.63) is 106 Å². The van der Waals surface area contributed by atoms with Crippen molar-refractivity contribution >= 4 is 56.1 Å². The van der Waals surface area contributed by atoms with E-state index in [1.807, 2.05) is 30.3 Å². The molecule has 1 N–H and O–H groups in total. The molecule has 4 aliphatic rings. The Morgan fingerprint density at radius 1 is 0.978 bits per heavy atom. The zero-order valence-corrected chi connectivity index (χ0v) is 26.0. The third-order valence-electron chi connectivity index (χ3n) is 9.53. The topological polar surface area (TPSA) is 127 Å². The summed E-state index contributed by atoms with van der Waals surface area (Å²) in [5.41, 5.74) is 4.58. The fourth-order valence-corrected chi connectivity index (χ4v) is 7.95. The number of fused-ring (bicyclic) bond motifs is 4. The van der Waals surface area contributed by atoms with E-state index in [-0.39, 0.29) is 40.0 Å². The Bertz CT molecular complexity index is 2090. The summed E-state index contributed by atoms with van der Waals surface area (Å²) in [6.45, 7) is 0. The molecule has 4 aromatic rings. The molecule has 1 saturated heterocycles. The number of phenolic OH excluding ortho intramolecular Hbond substituents is 1. The average molecular weight is 678 g/mol. The normalized spacial score (nSPS) is 24.1. The number of Topliss-reactive ketones (excluding diaryl/α,β-unsaturated/α-hetero) is 1. The van der Waals surface area contributed by atoms with Crippen molar-refractivity contribution in [1.29, 1.82) is 0 Å². The molecule has 4 atom stereocenters. The molecule has 0 saturated carbocycles. The van der Waals surface area contributed by atoms with E-state index in [1.54, 1.807) is 30.3 Å². The van der Waals surface area contributed by atoms with Crippen LogP contribution in [-0.4, -0.2) is 40.6 Å². The molecule has 2 heterocycles. The number of halogens is 1. The molecular formula is C36H25BrN2O7. The lowest BCUT2D eigenvalue weighted by Crippen LogP contribution is -2.39. The number of aromatic nitrogens is 1. The first-order valence-electron chi connectivity index (χ1n) is 14.8. The van der Waals surface area contributed by atoms with Crippen LogP contribution in [0.1, 0.15) is 24.3 Å². The highest BCUT2D eigenvalue weighted by molar-refractivity contribution is 9.12. The highest BCUT2D eigenvalue weighted by Crippen LogP contribution is 2.56. The third-order valence-corrected chi connectivity index (χ3v) is 10.1. The number of imide groups is 1. The minimum absolute atomic E-state index is 0.0112. The number of allylic oxidation sites excluding steroid dienone is 6. The largest absolute Gasteiger partial charge is 0.508 e. The van der Waals surface area contributed by atoms with Crippen molar-refractivity contribution in [2.45, 2.75) is 18.8 Å². The van der Waals surface area contributed by atoms with Crippen molar-refractivity contribution < 1.29 is 33.4 Å². The maximum atomic E-state index is 14.3. The predicted octanol–water partition coefficient (Wildman–Crippen LogP) is 6.18. The molecule has 3 aromatic carbocycles. The number of carbonyl (C=O) groups is 4. The van der Waals surface area contributed by atoms with Crippen LogP contribution in [0.3, 0.4) is 0 Å². The molecule has 9 nitrogen and oxygen atoms in total. The summed E-state index contributed by atoms with van der Waals surface area (Å²) in [6, 6.07) is 19.1. The third kappa shape index (κ3) is 4.16. The second kappa shape index (κ2) is 10.5. The molecule has 46 heavy (non-hydrogen) atoms. The van der Waals surface area contributed by atoms with Crippen LogP contribution in [0, 0.1) is 17.8 Å². The number of amides is 2. The second-order valence-electron chi connectivity index (χ2n) is 11.9. The lowest BCUT2D eigenvalue weighted by atomic mass is 9.59. The molecule has 0 spiro atoms. The number of oxazole rings is 1. The summed E-state index contributed by atoms with van der Waals surface area (Å²) in [6.07, 6.45) is 3.68. The quantitative estimate of drug-likeness (QED) is 0.154. The maximum absolute atomic E-state index is 14.3. The number of nitrogens with zero attached hydrogens (tertiary/aromatic N) is 2. The van der Waals surface area contributed by atoms with Gasteiger partial charge >= 0.3 is 0 Å². The number of aromatic hydroxyl groups is 1. The summed E-state index contributed by atoms with van der Waals surface area (Å²) >= 11 is 3.25. The smallest absolute Gasteiger partial charge is 0.238 e. The Morgan fingerprint density at radius 3 is 2.52 bits per heavy atom. The van der Waals surface area contributed by atoms with Crippen LogP contribution in [0.25, 0.3) is 22.6 Å². The van der Waals surface area contributed by atoms with E-state index in [4.69, 9.17) is 9.15 Å². The van der Waals surface area contributed by atoms with Gasteiger partial charge in [-0.2, -0.15) is 0 Å². The molecule has 0 bridgehead atoms. The van der Waals surface area contributed by atoms with Crippen LogP contribution in [0.15, 0.2) is 105 Å². The number of carbonyl (C=O) groups excluding carboxylic acids is 4. The standard InChI is InChI=1S/C36H25BrN2O7/c1-45-29-14-19(40)10-11-21(29)30-20-12-13-22-31(23(20)15-24-32(30)27(41)16-25(37)33(24)42)36(44)39(35(22)43)18-8-6-17(7-9-18)34-38-26-4-2-3-5-28(26)46-34/h2-12,14,16,22-23,30-31,40H,13,15H2,1H3. The Morgan fingerprint density at radius 2 is 1.76 bits per heavy atom. The summed E-state index contributed by atoms with van der Waals surface area (Å²) in [4.78, 5) is 60.9. The number of hydrogen-bond donors (Lipinski definition) is 1. The van der Waals surface area contributed by atoms with Gasteiger partial charge in [-0.15, -0.1) is 0 Å². The number of anilines is 1. The maximum Gasteiger partial charge on any atom is 0.238 e. The van der Waals surface area contributed by atoms with Crippen LogP contribution in [0.2, 0.25) is 0 Å². The van der Waals surface area contributed by atoms with Gasteiger partial charge in [0.1, 0.15) is 17.0 Å². The van der Waals surface area contributed by atoms with Gasteiger partial charge in [-0.25, -0.2) is 4.98 Å². The molecule has 1 fully saturated rings. The molecule has 8 rings (SSSR count). The summed E-state index contributed by atoms with van der Waals surface area (Å²) < 4.78 is 11.6. The van der Waals surface area contributed by atoms with Crippen molar-refractivity contribution in [3.8, 4) is 23.0 Å². The van der Waals surface area contributed by atoms with E-state index in [0.717, 1.165) is 11.1 Å². The predicted molar refractivity (Wildman–Crippen MR) is 171 cm³/mol. The first kappa shape index (κ1) is 28.4. The number of para-hydroxylation sites is 2. The van der Waals surface area contributed by atoms with Gasteiger partial charge in [0.05, 0.1) is 29.1 Å². The molecule has 2 amide bonds. The zero-order valence-electron chi connectivity index (χ0n) is 24.4. The number of hydrogen-bond acceptors (Lipinski definition) is 8. The first-order chi connectivity index (χ1) is 22.2. The minimum atomic E-state index is -0.726. The van der Waals surface area contributed by atoms with Crippen LogP contribution in [-0.2, 0) is 19.2 Å². The number of ketones is 2. The number of methoxy groups -OCH3 is 1. The SMILES string of the molecule is COc1cc(O)ccc1C1C2=CCC3C(=O)N(c4ccc(-c5nc6ccccc6o5)cc4)C(=O)C3C2CC2=C1C(=O)C=C(Br)C2=O. The van der Waals surface area contributed by atoms with E-state index in [9.17, 15) is 24.3 Å². The van der Waals surface area contributed by atoms with Gasteiger partial charge in [0, 0.05) is 40.3 Å². The summed E-state index contributed by atoms with van der Waals surface area (Å²) in [5.74, 6) is -3.03.